The molecule has 0 aliphatic carbocycles. The summed E-state index contributed by atoms with van der Waals surface area (Å²) in [4.78, 5) is 22.3. The number of anilines is 1. The number of carbonyl (C=O) groups excluding carboxylic acids is 1. The Morgan fingerprint density at radius 3 is 2.83 bits per heavy atom. The highest BCUT2D eigenvalue weighted by Crippen LogP contribution is 2.22. The Morgan fingerprint density at radius 2 is 2.22 bits per heavy atom. The summed E-state index contributed by atoms with van der Waals surface area (Å²) in [7, 11) is 0. The summed E-state index contributed by atoms with van der Waals surface area (Å²) in [5.74, 6) is -0.151. The van der Waals surface area contributed by atoms with Gasteiger partial charge in [0.05, 0.1) is 11.1 Å². The molecule has 2 aromatic rings. The normalized spacial score (nSPS) is 10.1. The van der Waals surface area contributed by atoms with Crippen molar-refractivity contribution in [1.82, 2.24) is 10.2 Å². The highest BCUT2D eigenvalue weighted by Gasteiger charge is 2.22. The third kappa shape index (κ3) is 2.19. The van der Waals surface area contributed by atoms with E-state index in [1.165, 1.54) is 12.3 Å². The van der Waals surface area contributed by atoms with Crippen molar-refractivity contribution in [2.75, 3.05) is 5.32 Å². The molecule has 1 aromatic heterocycles. The molecule has 2 N–H and O–H groups in total. The van der Waals surface area contributed by atoms with Gasteiger partial charge in [0.2, 0.25) is 0 Å². The van der Waals surface area contributed by atoms with E-state index in [1.807, 2.05) is 0 Å². The van der Waals surface area contributed by atoms with Crippen LogP contribution in [-0.2, 0) is 0 Å². The van der Waals surface area contributed by atoms with Crippen LogP contribution in [0.4, 0.5) is 11.5 Å². The molecule has 0 saturated heterocycles. The molecule has 0 fully saturated rings. The Morgan fingerprint density at radius 1 is 1.44 bits per heavy atom. The fraction of sp³-hybridized carbons (Fsp3) is 0.0909. The standard InChI is InChI=1S/C11H10N4O3/c1-7-3-2-4-8(15(17)18)10(7)11(16)13-9-5-6-12-14-9/h2-6H,1H3,(H2,12,13,14,16). The second-order valence-electron chi connectivity index (χ2n) is 3.65. The first-order valence-corrected chi connectivity index (χ1v) is 5.14. The lowest BCUT2D eigenvalue weighted by Crippen LogP contribution is -2.15. The first-order valence-electron chi connectivity index (χ1n) is 5.14. The van der Waals surface area contributed by atoms with Crippen LogP contribution >= 0.6 is 0 Å². The molecule has 0 spiro atoms. The molecule has 92 valence electrons. The zero-order chi connectivity index (χ0) is 13.1. The van der Waals surface area contributed by atoms with Crippen molar-refractivity contribution in [3.05, 3.63) is 51.7 Å². The molecule has 7 heteroatoms. The number of hydrogen-bond donors (Lipinski definition) is 2. The maximum atomic E-state index is 12.0. The summed E-state index contributed by atoms with van der Waals surface area (Å²) in [5.41, 5.74) is 0.380. The topological polar surface area (TPSA) is 101 Å². The van der Waals surface area contributed by atoms with Gasteiger partial charge in [-0.25, -0.2) is 0 Å². The number of nitro groups is 1. The van der Waals surface area contributed by atoms with E-state index in [4.69, 9.17) is 0 Å². The molecule has 7 nitrogen and oxygen atoms in total. The molecule has 1 aromatic carbocycles. The van der Waals surface area contributed by atoms with Gasteiger partial charge in [0.25, 0.3) is 11.6 Å². The zero-order valence-corrected chi connectivity index (χ0v) is 9.51. The van der Waals surface area contributed by atoms with Crippen molar-refractivity contribution in [1.29, 1.82) is 0 Å². The largest absolute Gasteiger partial charge is 0.307 e. The number of aryl methyl sites for hydroxylation is 1. The number of H-pyrrole nitrogens is 1. The van der Waals surface area contributed by atoms with Gasteiger partial charge in [0, 0.05) is 12.1 Å². The van der Waals surface area contributed by atoms with Crippen molar-refractivity contribution in [3.8, 4) is 0 Å². The van der Waals surface area contributed by atoms with Gasteiger partial charge >= 0.3 is 0 Å². The summed E-state index contributed by atoms with van der Waals surface area (Å²) in [6, 6.07) is 6.05. The first kappa shape index (κ1) is 11.8. The number of aromatic nitrogens is 2. The Labute approximate surface area is 102 Å². The van der Waals surface area contributed by atoms with E-state index in [9.17, 15) is 14.9 Å². The van der Waals surface area contributed by atoms with Crippen molar-refractivity contribution in [2.45, 2.75) is 6.92 Å². The highest BCUT2D eigenvalue weighted by atomic mass is 16.6. The van der Waals surface area contributed by atoms with Gasteiger partial charge in [-0.15, -0.1) is 0 Å². The maximum absolute atomic E-state index is 12.0. The molecule has 0 saturated carbocycles. The molecule has 18 heavy (non-hydrogen) atoms. The van der Waals surface area contributed by atoms with Gasteiger partial charge in [-0.1, -0.05) is 12.1 Å². The van der Waals surface area contributed by atoms with E-state index in [0.29, 0.717) is 11.4 Å². The van der Waals surface area contributed by atoms with Crippen molar-refractivity contribution in [2.24, 2.45) is 0 Å². The first-order chi connectivity index (χ1) is 8.59. The van der Waals surface area contributed by atoms with Crippen LogP contribution in [0.2, 0.25) is 0 Å². The van der Waals surface area contributed by atoms with E-state index in [0.717, 1.165) is 0 Å². The lowest BCUT2D eigenvalue weighted by Gasteiger charge is -2.06. The lowest BCUT2D eigenvalue weighted by molar-refractivity contribution is -0.385. The smallest absolute Gasteiger partial charge is 0.282 e. The minimum Gasteiger partial charge on any atom is -0.307 e. The average molecular weight is 246 g/mol. The molecule has 0 bridgehead atoms. The Hall–Kier alpha value is -2.70. The van der Waals surface area contributed by atoms with E-state index in [2.05, 4.69) is 15.5 Å². The number of nitrogens with zero attached hydrogens (tertiary/aromatic N) is 2. The molecular formula is C11H10N4O3. The summed E-state index contributed by atoms with van der Waals surface area (Å²) in [6.07, 6.45) is 1.47. The van der Waals surface area contributed by atoms with Crippen LogP contribution in [-0.4, -0.2) is 21.0 Å². The van der Waals surface area contributed by atoms with Crippen LogP contribution < -0.4 is 5.32 Å². The van der Waals surface area contributed by atoms with Crippen LogP contribution in [0.5, 0.6) is 0 Å². The van der Waals surface area contributed by atoms with Gasteiger partial charge in [-0.05, 0) is 12.5 Å². The third-order valence-corrected chi connectivity index (χ3v) is 2.42. The van der Waals surface area contributed by atoms with Crippen LogP contribution in [0.3, 0.4) is 0 Å². The number of nitro benzene ring substituents is 1. The highest BCUT2D eigenvalue weighted by molar-refractivity contribution is 6.07. The Kier molecular flexibility index (Phi) is 3.05. The number of hydrogen-bond acceptors (Lipinski definition) is 4. The third-order valence-electron chi connectivity index (χ3n) is 2.42. The Bertz CT molecular complexity index is 592. The molecule has 2 rings (SSSR count). The summed E-state index contributed by atoms with van der Waals surface area (Å²) < 4.78 is 0. The predicted molar refractivity (Wildman–Crippen MR) is 64.4 cm³/mol. The number of amides is 1. The lowest BCUT2D eigenvalue weighted by atomic mass is 10.1. The minimum atomic E-state index is -0.575. The fourth-order valence-electron chi connectivity index (χ4n) is 1.61. The maximum Gasteiger partial charge on any atom is 0.282 e. The number of nitrogens with one attached hydrogen (secondary N) is 2. The quantitative estimate of drug-likeness (QED) is 0.637. The summed E-state index contributed by atoms with van der Waals surface area (Å²) >= 11 is 0. The Balaban J connectivity index is 2.38. The van der Waals surface area contributed by atoms with Gasteiger partial charge < -0.3 is 5.32 Å². The average Bonchev–Trinajstić information content (AvgIpc) is 2.81. The number of aromatic amines is 1. The number of benzene rings is 1. The van der Waals surface area contributed by atoms with E-state index < -0.39 is 10.8 Å². The molecule has 1 amide bonds. The number of rotatable bonds is 3. The number of carbonyl (C=O) groups is 1. The SMILES string of the molecule is Cc1cccc([N+](=O)[O-])c1C(=O)Nc1ccn[nH]1. The van der Waals surface area contributed by atoms with Gasteiger partial charge in [-0.3, -0.25) is 20.0 Å². The van der Waals surface area contributed by atoms with Crippen molar-refractivity contribution >= 4 is 17.4 Å². The molecule has 0 aliphatic heterocycles. The molecule has 0 radical (unpaired) electrons. The van der Waals surface area contributed by atoms with Gasteiger partial charge in [0.1, 0.15) is 11.4 Å². The van der Waals surface area contributed by atoms with Gasteiger partial charge in [0.15, 0.2) is 0 Å². The van der Waals surface area contributed by atoms with Crippen molar-refractivity contribution in [3.63, 3.8) is 0 Å². The van der Waals surface area contributed by atoms with E-state index in [1.54, 1.807) is 25.1 Å². The molecule has 1 heterocycles. The summed E-state index contributed by atoms with van der Waals surface area (Å²) in [6.45, 7) is 1.65. The minimum absolute atomic E-state index is 0.0529. The van der Waals surface area contributed by atoms with Crippen molar-refractivity contribution < 1.29 is 9.72 Å². The molecule has 0 atom stereocenters. The van der Waals surface area contributed by atoms with Gasteiger partial charge in [-0.2, -0.15) is 5.10 Å². The van der Waals surface area contributed by atoms with Crippen LogP contribution in [0, 0.1) is 17.0 Å². The van der Waals surface area contributed by atoms with E-state index in [-0.39, 0.29) is 11.3 Å². The second kappa shape index (κ2) is 4.66. The van der Waals surface area contributed by atoms with Crippen LogP contribution in [0.1, 0.15) is 15.9 Å². The molecular weight excluding hydrogens is 236 g/mol. The zero-order valence-electron chi connectivity index (χ0n) is 9.51. The molecule has 0 unspecified atom stereocenters. The van der Waals surface area contributed by atoms with Crippen LogP contribution in [0.25, 0.3) is 0 Å². The summed E-state index contributed by atoms with van der Waals surface area (Å²) in [5, 5.41) is 19.6. The molecule has 0 aliphatic rings. The fourth-order valence-corrected chi connectivity index (χ4v) is 1.61. The second-order valence-corrected chi connectivity index (χ2v) is 3.65. The van der Waals surface area contributed by atoms with Crippen LogP contribution in [0.15, 0.2) is 30.5 Å². The van der Waals surface area contributed by atoms with E-state index >= 15 is 0 Å². The predicted octanol–water partition coefficient (Wildman–Crippen LogP) is 1.88. The monoisotopic (exact) mass is 246 g/mol.